The van der Waals surface area contributed by atoms with E-state index in [2.05, 4.69) is 16.0 Å². The van der Waals surface area contributed by atoms with Gasteiger partial charge in [-0.3, -0.25) is 14.4 Å². The first kappa shape index (κ1) is 25.3. The van der Waals surface area contributed by atoms with Gasteiger partial charge in [0.2, 0.25) is 0 Å². The van der Waals surface area contributed by atoms with Crippen LogP contribution in [0.15, 0.2) is 78.9 Å². The number of rotatable bonds is 11. The van der Waals surface area contributed by atoms with Crippen LogP contribution in [0, 0.1) is 0 Å². The number of ether oxygens (including phenoxy) is 2. The average Bonchev–Trinajstić information content (AvgIpc) is 2.88. The molecule has 0 radical (unpaired) electrons. The van der Waals surface area contributed by atoms with Gasteiger partial charge in [-0.2, -0.15) is 0 Å². The number of benzene rings is 3. The molecule has 0 saturated carbocycles. The molecule has 1 atom stereocenters. The first-order valence-electron chi connectivity index (χ1n) is 11.4. The molecule has 0 aliphatic heterocycles. The van der Waals surface area contributed by atoms with E-state index in [4.69, 9.17) is 9.47 Å². The van der Waals surface area contributed by atoms with E-state index < -0.39 is 6.10 Å². The Morgan fingerprint density at radius 3 is 1.86 bits per heavy atom. The summed E-state index contributed by atoms with van der Waals surface area (Å²) in [5.74, 6) is 0.510. The van der Waals surface area contributed by atoms with Crippen molar-refractivity contribution in [1.29, 1.82) is 0 Å². The molecule has 3 aromatic carbocycles. The number of nitrogens with one attached hydrogen (secondary N) is 3. The lowest BCUT2D eigenvalue weighted by Crippen LogP contribution is -2.34. The van der Waals surface area contributed by atoms with E-state index in [-0.39, 0.29) is 24.3 Å². The minimum absolute atomic E-state index is 0.194. The minimum atomic E-state index is -0.720. The Labute approximate surface area is 204 Å². The van der Waals surface area contributed by atoms with Gasteiger partial charge < -0.3 is 25.4 Å². The summed E-state index contributed by atoms with van der Waals surface area (Å²) in [6.07, 6.45) is -0.720. The Bertz CT molecular complexity index is 1120. The second-order valence-electron chi connectivity index (χ2n) is 7.61. The van der Waals surface area contributed by atoms with Crippen molar-refractivity contribution in [2.45, 2.75) is 20.0 Å². The molecule has 3 aromatic rings. The van der Waals surface area contributed by atoms with E-state index in [1.807, 2.05) is 13.0 Å². The summed E-state index contributed by atoms with van der Waals surface area (Å²) in [6.45, 7) is 4.73. The highest BCUT2D eigenvalue weighted by molar-refractivity contribution is 5.97. The van der Waals surface area contributed by atoms with Gasteiger partial charge >= 0.3 is 0 Å². The highest BCUT2D eigenvalue weighted by Gasteiger charge is 2.15. The van der Waals surface area contributed by atoms with Crippen molar-refractivity contribution >= 4 is 23.4 Å². The molecule has 0 heterocycles. The molecule has 3 rings (SSSR count). The quantitative estimate of drug-likeness (QED) is 0.367. The zero-order chi connectivity index (χ0) is 25.0. The van der Waals surface area contributed by atoms with Gasteiger partial charge in [-0.05, 0) is 74.5 Å². The fraction of sp³-hybridized carbons (Fsp3) is 0.222. The number of hydrogen-bond acceptors (Lipinski definition) is 5. The molecule has 182 valence electrons. The van der Waals surface area contributed by atoms with Crippen LogP contribution in [0.2, 0.25) is 0 Å². The molecule has 0 spiro atoms. The van der Waals surface area contributed by atoms with E-state index in [1.54, 1.807) is 79.7 Å². The maximum absolute atomic E-state index is 12.5. The summed E-state index contributed by atoms with van der Waals surface area (Å²) >= 11 is 0. The molecule has 8 nitrogen and oxygen atoms in total. The first-order chi connectivity index (χ1) is 17.0. The zero-order valence-electron chi connectivity index (χ0n) is 19.7. The molecule has 1 unspecified atom stereocenters. The maximum Gasteiger partial charge on any atom is 0.265 e. The summed E-state index contributed by atoms with van der Waals surface area (Å²) < 4.78 is 11.1. The fourth-order valence-electron chi connectivity index (χ4n) is 3.13. The van der Waals surface area contributed by atoms with Crippen LogP contribution >= 0.6 is 0 Å². The standard InChI is InChI=1S/C27H29N3O5/c1-3-34-23-13-15-24(16-14-23)35-19(2)25(31)30-22-11-9-21(10-12-22)27(33)29-18-17-28-26(32)20-7-5-4-6-8-20/h4-16,19H,3,17-18H2,1-2H3,(H,28,32)(H,29,33)(H,30,31). The van der Waals surface area contributed by atoms with Crippen molar-refractivity contribution in [2.24, 2.45) is 0 Å². The van der Waals surface area contributed by atoms with Crippen molar-refractivity contribution in [2.75, 3.05) is 25.0 Å². The molecule has 0 aliphatic rings. The van der Waals surface area contributed by atoms with Crippen molar-refractivity contribution in [3.8, 4) is 11.5 Å². The van der Waals surface area contributed by atoms with Gasteiger partial charge in [-0.1, -0.05) is 18.2 Å². The van der Waals surface area contributed by atoms with Gasteiger partial charge in [0.15, 0.2) is 6.10 Å². The van der Waals surface area contributed by atoms with Crippen molar-refractivity contribution in [3.05, 3.63) is 90.0 Å². The Kier molecular flexibility index (Phi) is 9.24. The number of carbonyl (C=O) groups is 3. The molecule has 3 N–H and O–H groups in total. The van der Waals surface area contributed by atoms with E-state index >= 15 is 0 Å². The summed E-state index contributed by atoms with van der Waals surface area (Å²) in [6, 6.07) is 22.4. The van der Waals surface area contributed by atoms with Crippen LogP contribution in [-0.2, 0) is 4.79 Å². The number of amides is 3. The lowest BCUT2D eigenvalue weighted by atomic mass is 10.2. The molecule has 0 aliphatic carbocycles. The SMILES string of the molecule is CCOc1ccc(OC(C)C(=O)Nc2ccc(C(=O)NCCNC(=O)c3ccccc3)cc2)cc1. The third kappa shape index (κ3) is 7.89. The second-order valence-corrected chi connectivity index (χ2v) is 7.61. The lowest BCUT2D eigenvalue weighted by Gasteiger charge is -2.15. The van der Waals surface area contributed by atoms with E-state index in [0.29, 0.717) is 35.7 Å². The van der Waals surface area contributed by atoms with E-state index in [0.717, 1.165) is 5.75 Å². The normalized spacial score (nSPS) is 11.1. The van der Waals surface area contributed by atoms with E-state index in [1.165, 1.54) is 0 Å². The molecule has 35 heavy (non-hydrogen) atoms. The molecular weight excluding hydrogens is 446 g/mol. The van der Waals surface area contributed by atoms with Gasteiger partial charge in [-0.25, -0.2) is 0 Å². The van der Waals surface area contributed by atoms with Gasteiger partial charge in [-0.15, -0.1) is 0 Å². The molecular formula is C27H29N3O5. The van der Waals surface area contributed by atoms with Crippen LogP contribution in [0.4, 0.5) is 5.69 Å². The van der Waals surface area contributed by atoms with Crippen LogP contribution in [0.5, 0.6) is 11.5 Å². The Balaban J connectivity index is 1.41. The largest absolute Gasteiger partial charge is 0.494 e. The number of carbonyl (C=O) groups excluding carboxylic acids is 3. The molecule has 0 fully saturated rings. The fourth-order valence-corrected chi connectivity index (χ4v) is 3.13. The van der Waals surface area contributed by atoms with Crippen LogP contribution in [-0.4, -0.2) is 43.5 Å². The predicted molar refractivity (Wildman–Crippen MR) is 134 cm³/mol. The number of anilines is 1. The third-order valence-electron chi connectivity index (χ3n) is 4.96. The summed E-state index contributed by atoms with van der Waals surface area (Å²) in [5.41, 5.74) is 1.55. The van der Waals surface area contributed by atoms with Gasteiger partial charge in [0.1, 0.15) is 11.5 Å². The highest BCUT2D eigenvalue weighted by atomic mass is 16.5. The summed E-state index contributed by atoms with van der Waals surface area (Å²) in [5, 5.41) is 8.28. The summed E-state index contributed by atoms with van der Waals surface area (Å²) in [7, 11) is 0. The molecule has 8 heteroatoms. The van der Waals surface area contributed by atoms with Crippen LogP contribution in [0.3, 0.4) is 0 Å². The van der Waals surface area contributed by atoms with Crippen LogP contribution < -0.4 is 25.4 Å². The molecule has 0 saturated heterocycles. The minimum Gasteiger partial charge on any atom is -0.494 e. The monoisotopic (exact) mass is 475 g/mol. The molecule has 0 bridgehead atoms. The van der Waals surface area contributed by atoms with Gasteiger partial charge in [0, 0.05) is 29.9 Å². The van der Waals surface area contributed by atoms with Gasteiger partial charge in [0.25, 0.3) is 17.7 Å². The molecule has 3 amide bonds. The first-order valence-corrected chi connectivity index (χ1v) is 11.4. The van der Waals surface area contributed by atoms with Gasteiger partial charge in [0.05, 0.1) is 6.61 Å². The van der Waals surface area contributed by atoms with Crippen LogP contribution in [0.25, 0.3) is 0 Å². The lowest BCUT2D eigenvalue weighted by molar-refractivity contribution is -0.122. The Morgan fingerprint density at radius 2 is 1.29 bits per heavy atom. The van der Waals surface area contributed by atoms with Crippen molar-refractivity contribution in [1.82, 2.24) is 10.6 Å². The van der Waals surface area contributed by atoms with Crippen molar-refractivity contribution in [3.63, 3.8) is 0 Å². The smallest absolute Gasteiger partial charge is 0.265 e. The Morgan fingerprint density at radius 1 is 0.743 bits per heavy atom. The van der Waals surface area contributed by atoms with Crippen molar-refractivity contribution < 1.29 is 23.9 Å². The maximum atomic E-state index is 12.5. The molecule has 0 aromatic heterocycles. The summed E-state index contributed by atoms with van der Waals surface area (Å²) in [4.78, 5) is 36.8. The third-order valence-corrected chi connectivity index (χ3v) is 4.96. The van der Waals surface area contributed by atoms with Crippen LogP contribution in [0.1, 0.15) is 34.6 Å². The zero-order valence-corrected chi connectivity index (χ0v) is 19.7. The second kappa shape index (κ2) is 12.8. The van der Waals surface area contributed by atoms with E-state index in [9.17, 15) is 14.4 Å². The Hall–Kier alpha value is -4.33. The highest BCUT2D eigenvalue weighted by Crippen LogP contribution is 2.19. The average molecular weight is 476 g/mol. The predicted octanol–water partition coefficient (Wildman–Crippen LogP) is 3.65. The topological polar surface area (TPSA) is 106 Å². The number of hydrogen-bond donors (Lipinski definition) is 3.